The first-order chi connectivity index (χ1) is 11.0. The lowest BCUT2D eigenvalue weighted by Crippen LogP contribution is -2.54. The van der Waals surface area contributed by atoms with E-state index in [0.29, 0.717) is 31.8 Å². The van der Waals surface area contributed by atoms with Gasteiger partial charge in [-0.3, -0.25) is 9.59 Å². The van der Waals surface area contributed by atoms with Crippen LogP contribution in [0.3, 0.4) is 0 Å². The summed E-state index contributed by atoms with van der Waals surface area (Å²) in [7, 11) is 0. The van der Waals surface area contributed by atoms with Gasteiger partial charge in [0.2, 0.25) is 11.8 Å². The van der Waals surface area contributed by atoms with E-state index in [2.05, 4.69) is 12.2 Å². The van der Waals surface area contributed by atoms with E-state index in [4.69, 9.17) is 0 Å². The molecule has 2 amide bonds. The average Bonchev–Trinajstić information content (AvgIpc) is 3.40. The number of hydrogen-bond acceptors (Lipinski definition) is 2. The molecule has 0 spiro atoms. The largest absolute Gasteiger partial charge is 0.353 e. The highest BCUT2D eigenvalue weighted by Gasteiger charge is 2.44. The molecule has 1 aliphatic heterocycles. The molecule has 0 aromatic heterocycles. The Morgan fingerprint density at radius 2 is 1.78 bits per heavy atom. The van der Waals surface area contributed by atoms with E-state index in [1.165, 1.54) is 12.8 Å². The molecule has 1 aromatic rings. The van der Waals surface area contributed by atoms with Crippen LogP contribution in [0.2, 0.25) is 0 Å². The maximum atomic E-state index is 13.1. The maximum Gasteiger partial charge on any atom is 0.231 e. The summed E-state index contributed by atoms with van der Waals surface area (Å²) < 4.78 is 0. The number of nitrogens with one attached hydrogen (secondary N) is 1. The first kappa shape index (κ1) is 16.0. The minimum atomic E-state index is -0.504. The molecule has 4 heteroatoms. The Bertz CT molecular complexity index is 572. The number of carbonyl (C=O) groups excluding carboxylic acids is 2. The Balaban J connectivity index is 1.82. The summed E-state index contributed by atoms with van der Waals surface area (Å²) in [5.74, 6) is 0.869. The lowest BCUT2D eigenvalue weighted by atomic mass is 9.71. The van der Waals surface area contributed by atoms with Gasteiger partial charge in [-0.15, -0.1) is 0 Å². The molecular weight excluding hydrogens is 288 g/mol. The van der Waals surface area contributed by atoms with Gasteiger partial charge in [0, 0.05) is 26.1 Å². The van der Waals surface area contributed by atoms with Crippen LogP contribution in [-0.2, 0) is 15.0 Å². The molecule has 124 valence electrons. The highest BCUT2D eigenvalue weighted by molar-refractivity contribution is 5.89. The third-order valence-corrected chi connectivity index (χ3v) is 5.51. The predicted octanol–water partition coefficient (Wildman–Crippen LogP) is 2.48. The zero-order valence-electron chi connectivity index (χ0n) is 14.0. The summed E-state index contributed by atoms with van der Waals surface area (Å²) in [6.07, 6.45) is 3.83. The van der Waals surface area contributed by atoms with Crippen molar-refractivity contribution in [3.63, 3.8) is 0 Å². The third-order valence-electron chi connectivity index (χ3n) is 5.51. The molecule has 4 nitrogen and oxygen atoms in total. The number of rotatable bonds is 4. The molecule has 1 saturated heterocycles. The van der Waals surface area contributed by atoms with E-state index in [-0.39, 0.29) is 17.9 Å². The summed E-state index contributed by atoms with van der Waals surface area (Å²) >= 11 is 0. The van der Waals surface area contributed by atoms with Crippen molar-refractivity contribution in [2.75, 3.05) is 13.1 Å². The lowest BCUT2D eigenvalue weighted by molar-refractivity contribution is -0.135. The van der Waals surface area contributed by atoms with Crippen LogP contribution in [0.5, 0.6) is 0 Å². The molecule has 23 heavy (non-hydrogen) atoms. The molecule has 1 aliphatic carbocycles. The van der Waals surface area contributed by atoms with E-state index in [9.17, 15) is 9.59 Å². The van der Waals surface area contributed by atoms with E-state index in [1.807, 2.05) is 35.2 Å². The number of piperidine rings is 1. The molecule has 3 rings (SSSR count). The van der Waals surface area contributed by atoms with Gasteiger partial charge in [-0.1, -0.05) is 30.3 Å². The number of amides is 2. The standard InChI is InChI=1S/C19H26N2O2/c1-14(16-8-9-16)20-18(23)19(17-6-4-3-5-7-17)10-12-21(13-11-19)15(2)22/h3-7,14,16H,8-13H2,1-2H3,(H,20,23)/t14-/m1/s1. The molecule has 2 fully saturated rings. The molecule has 0 radical (unpaired) electrons. The van der Waals surface area contributed by atoms with Gasteiger partial charge in [-0.25, -0.2) is 0 Å². The SMILES string of the molecule is CC(=O)N1CCC(C(=O)N[C@H](C)C2CC2)(c2ccccc2)CC1. The smallest absolute Gasteiger partial charge is 0.231 e. The van der Waals surface area contributed by atoms with Crippen LogP contribution in [0, 0.1) is 5.92 Å². The van der Waals surface area contributed by atoms with Crippen molar-refractivity contribution >= 4 is 11.8 Å². The zero-order valence-corrected chi connectivity index (χ0v) is 14.0. The van der Waals surface area contributed by atoms with Crippen molar-refractivity contribution in [2.45, 2.75) is 51.0 Å². The summed E-state index contributed by atoms with van der Waals surface area (Å²) in [5.41, 5.74) is 0.569. The van der Waals surface area contributed by atoms with Crippen LogP contribution in [0.15, 0.2) is 30.3 Å². The Labute approximate surface area is 138 Å². The minimum Gasteiger partial charge on any atom is -0.353 e. The van der Waals surface area contributed by atoms with Gasteiger partial charge >= 0.3 is 0 Å². The fourth-order valence-corrected chi connectivity index (χ4v) is 3.67. The normalized spacial score (nSPS) is 21.6. The van der Waals surface area contributed by atoms with Crippen LogP contribution in [0.25, 0.3) is 0 Å². The average molecular weight is 314 g/mol. The second-order valence-electron chi connectivity index (χ2n) is 7.05. The second-order valence-corrected chi connectivity index (χ2v) is 7.05. The van der Waals surface area contributed by atoms with Gasteiger partial charge in [0.15, 0.2) is 0 Å². The summed E-state index contributed by atoms with van der Waals surface area (Å²) in [4.78, 5) is 26.6. The summed E-state index contributed by atoms with van der Waals surface area (Å²) in [6.45, 7) is 5.01. The van der Waals surface area contributed by atoms with Crippen molar-refractivity contribution < 1.29 is 9.59 Å². The number of carbonyl (C=O) groups is 2. The number of benzene rings is 1. The maximum absolute atomic E-state index is 13.1. The van der Waals surface area contributed by atoms with Crippen LogP contribution < -0.4 is 5.32 Å². The van der Waals surface area contributed by atoms with Crippen LogP contribution in [-0.4, -0.2) is 35.8 Å². The molecule has 1 atom stereocenters. The van der Waals surface area contributed by atoms with E-state index >= 15 is 0 Å². The minimum absolute atomic E-state index is 0.0958. The highest BCUT2D eigenvalue weighted by atomic mass is 16.2. The van der Waals surface area contributed by atoms with Gasteiger partial charge in [0.25, 0.3) is 0 Å². The first-order valence-electron chi connectivity index (χ1n) is 8.65. The Morgan fingerprint density at radius 3 is 2.30 bits per heavy atom. The highest BCUT2D eigenvalue weighted by Crippen LogP contribution is 2.38. The molecular formula is C19H26N2O2. The summed E-state index contributed by atoms with van der Waals surface area (Å²) in [5, 5.41) is 3.25. The van der Waals surface area contributed by atoms with Gasteiger partial charge < -0.3 is 10.2 Å². The van der Waals surface area contributed by atoms with Crippen molar-refractivity contribution in [1.29, 1.82) is 0 Å². The molecule has 1 aromatic carbocycles. The molecule has 0 bridgehead atoms. The Morgan fingerprint density at radius 1 is 1.17 bits per heavy atom. The van der Waals surface area contributed by atoms with Gasteiger partial charge in [0.05, 0.1) is 5.41 Å². The third kappa shape index (κ3) is 3.26. The fourth-order valence-electron chi connectivity index (χ4n) is 3.67. The summed E-state index contributed by atoms with van der Waals surface area (Å²) in [6, 6.07) is 10.3. The number of nitrogens with zero attached hydrogens (tertiary/aromatic N) is 1. The van der Waals surface area contributed by atoms with Crippen molar-refractivity contribution in [3.05, 3.63) is 35.9 Å². The van der Waals surface area contributed by atoms with Crippen LogP contribution in [0.1, 0.15) is 45.1 Å². The Kier molecular flexibility index (Phi) is 4.42. The topological polar surface area (TPSA) is 49.4 Å². The van der Waals surface area contributed by atoms with Crippen molar-refractivity contribution in [1.82, 2.24) is 10.2 Å². The lowest BCUT2D eigenvalue weighted by Gasteiger charge is -2.41. The van der Waals surface area contributed by atoms with Gasteiger partial charge in [0.1, 0.15) is 0 Å². The van der Waals surface area contributed by atoms with Gasteiger partial charge in [-0.2, -0.15) is 0 Å². The second kappa shape index (κ2) is 6.34. The van der Waals surface area contributed by atoms with Crippen molar-refractivity contribution in [2.24, 2.45) is 5.92 Å². The number of likely N-dealkylation sites (tertiary alicyclic amines) is 1. The molecule has 0 unspecified atom stereocenters. The van der Waals surface area contributed by atoms with Crippen LogP contribution >= 0.6 is 0 Å². The van der Waals surface area contributed by atoms with Crippen molar-refractivity contribution in [3.8, 4) is 0 Å². The molecule has 1 heterocycles. The zero-order chi connectivity index (χ0) is 16.4. The van der Waals surface area contributed by atoms with E-state index < -0.39 is 5.41 Å². The monoisotopic (exact) mass is 314 g/mol. The molecule has 2 aliphatic rings. The molecule has 1 N–H and O–H groups in total. The number of hydrogen-bond donors (Lipinski definition) is 1. The molecule has 1 saturated carbocycles. The van der Waals surface area contributed by atoms with E-state index in [1.54, 1.807) is 6.92 Å². The Hall–Kier alpha value is -1.84. The van der Waals surface area contributed by atoms with E-state index in [0.717, 1.165) is 5.56 Å². The van der Waals surface area contributed by atoms with Crippen LogP contribution in [0.4, 0.5) is 0 Å². The quantitative estimate of drug-likeness (QED) is 0.928. The van der Waals surface area contributed by atoms with Gasteiger partial charge in [-0.05, 0) is 44.1 Å². The fraction of sp³-hybridized carbons (Fsp3) is 0.579. The first-order valence-corrected chi connectivity index (χ1v) is 8.65. The predicted molar refractivity (Wildman–Crippen MR) is 89.9 cm³/mol.